The Morgan fingerprint density at radius 3 is 2.57 bits per heavy atom. The molecule has 0 aliphatic rings. The molecular formula is C18H30BrNO. The molecule has 1 aromatic carbocycles. The summed E-state index contributed by atoms with van der Waals surface area (Å²) in [7, 11) is 0. The van der Waals surface area contributed by atoms with Gasteiger partial charge in [-0.1, -0.05) is 56.0 Å². The lowest BCUT2D eigenvalue weighted by atomic mass is 10.0. The number of hydrogen-bond acceptors (Lipinski definition) is 2. The van der Waals surface area contributed by atoms with Gasteiger partial charge in [0.1, 0.15) is 5.75 Å². The lowest BCUT2D eigenvalue weighted by molar-refractivity contribution is 0.233. The van der Waals surface area contributed by atoms with Crippen molar-refractivity contribution in [1.82, 2.24) is 0 Å². The lowest BCUT2D eigenvalue weighted by Gasteiger charge is -2.17. The zero-order valence-electron chi connectivity index (χ0n) is 13.7. The van der Waals surface area contributed by atoms with E-state index in [1.54, 1.807) is 0 Å². The van der Waals surface area contributed by atoms with Crippen LogP contribution in [-0.2, 0) is 6.42 Å². The average molecular weight is 356 g/mol. The van der Waals surface area contributed by atoms with Crippen molar-refractivity contribution in [3.8, 4) is 5.75 Å². The molecule has 0 saturated carbocycles. The summed E-state index contributed by atoms with van der Waals surface area (Å²) in [5, 5.41) is 0. The highest BCUT2D eigenvalue weighted by Gasteiger charge is 2.10. The number of unbranched alkanes of at least 4 members (excludes halogenated alkanes) is 1. The molecule has 2 atom stereocenters. The molecule has 0 heterocycles. The molecule has 21 heavy (non-hydrogen) atoms. The molecule has 2 unspecified atom stereocenters. The van der Waals surface area contributed by atoms with Crippen molar-refractivity contribution >= 4 is 15.9 Å². The Hall–Kier alpha value is -0.540. The van der Waals surface area contributed by atoms with Crippen molar-refractivity contribution < 1.29 is 4.74 Å². The molecule has 0 fully saturated rings. The van der Waals surface area contributed by atoms with E-state index in [-0.39, 0.29) is 6.04 Å². The Kier molecular flexibility index (Phi) is 9.02. The Balaban J connectivity index is 2.60. The van der Waals surface area contributed by atoms with Gasteiger partial charge in [-0.2, -0.15) is 0 Å². The second-order valence-corrected chi connectivity index (χ2v) is 6.71. The highest BCUT2D eigenvalue weighted by Crippen LogP contribution is 2.25. The van der Waals surface area contributed by atoms with E-state index in [9.17, 15) is 0 Å². The van der Waals surface area contributed by atoms with E-state index in [1.165, 1.54) is 31.2 Å². The minimum atomic E-state index is 0.212. The largest absolute Gasteiger partial charge is 0.493 e. The van der Waals surface area contributed by atoms with Gasteiger partial charge in [-0.3, -0.25) is 0 Å². The van der Waals surface area contributed by atoms with Crippen LogP contribution in [0.15, 0.2) is 22.7 Å². The first-order valence-electron chi connectivity index (χ1n) is 8.27. The first kappa shape index (κ1) is 18.5. The van der Waals surface area contributed by atoms with Gasteiger partial charge in [0.25, 0.3) is 0 Å². The molecule has 1 rings (SSSR count). The maximum Gasteiger partial charge on any atom is 0.119 e. The first-order chi connectivity index (χ1) is 10.1. The van der Waals surface area contributed by atoms with Gasteiger partial charge in [0.2, 0.25) is 0 Å². The van der Waals surface area contributed by atoms with Crippen LogP contribution < -0.4 is 10.5 Å². The highest BCUT2D eigenvalue weighted by molar-refractivity contribution is 9.10. The smallest absolute Gasteiger partial charge is 0.119 e. The molecule has 1 aromatic rings. The van der Waals surface area contributed by atoms with Gasteiger partial charge in [-0.05, 0) is 48.9 Å². The van der Waals surface area contributed by atoms with Crippen molar-refractivity contribution in [3.63, 3.8) is 0 Å². The summed E-state index contributed by atoms with van der Waals surface area (Å²) in [5.74, 6) is 1.63. The van der Waals surface area contributed by atoms with E-state index in [4.69, 9.17) is 10.5 Å². The third kappa shape index (κ3) is 6.84. The van der Waals surface area contributed by atoms with Crippen LogP contribution >= 0.6 is 15.9 Å². The van der Waals surface area contributed by atoms with E-state index in [0.717, 1.165) is 29.7 Å². The molecule has 2 nitrogen and oxygen atoms in total. The lowest BCUT2D eigenvalue weighted by Crippen LogP contribution is -2.21. The Bertz CT molecular complexity index is 408. The van der Waals surface area contributed by atoms with Crippen molar-refractivity contribution in [2.45, 2.75) is 65.3 Å². The van der Waals surface area contributed by atoms with E-state index < -0.39 is 0 Å². The van der Waals surface area contributed by atoms with Crippen LogP contribution in [0.4, 0.5) is 0 Å². The summed E-state index contributed by atoms with van der Waals surface area (Å²) in [4.78, 5) is 0. The molecule has 0 aliphatic carbocycles. The number of benzene rings is 1. The van der Waals surface area contributed by atoms with Crippen LogP contribution in [0.25, 0.3) is 0 Å². The van der Waals surface area contributed by atoms with Gasteiger partial charge in [0.05, 0.1) is 6.61 Å². The monoisotopic (exact) mass is 355 g/mol. The van der Waals surface area contributed by atoms with E-state index in [1.807, 2.05) is 6.07 Å². The molecule has 0 radical (unpaired) electrons. The quantitative estimate of drug-likeness (QED) is 0.615. The van der Waals surface area contributed by atoms with Gasteiger partial charge in [0, 0.05) is 10.5 Å². The van der Waals surface area contributed by atoms with Crippen LogP contribution in [0.5, 0.6) is 5.75 Å². The van der Waals surface area contributed by atoms with Gasteiger partial charge in [-0.25, -0.2) is 0 Å². The predicted molar refractivity (Wildman–Crippen MR) is 94.9 cm³/mol. The van der Waals surface area contributed by atoms with E-state index in [2.05, 4.69) is 48.8 Å². The van der Waals surface area contributed by atoms with Crippen molar-refractivity contribution in [1.29, 1.82) is 0 Å². The minimum Gasteiger partial charge on any atom is -0.493 e. The topological polar surface area (TPSA) is 35.2 Å². The fourth-order valence-electron chi connectivity index (χ4n) is 2.34. The summed E-state index contributed by atoms with van der Waals surface area (Å²) in [6.45, 7) is 7.43. The van der Waals surface area contributed by atoms with Gasteiger partial charge >= 0.3 is 0 Å². The zero-order valence-corrected chi connectivity index (χ0v) is 15.3. The highest BCUT2D eigenvalue weighted by atomic mass is 79.9. The summed E-state index contributed by atoms with van der Waals surface area (Å²) < 4.78 is 7.13. The number of rotatable bonds is 10. The van der Waals surface area contributed by atoms with E-state index >= 15 is 0 Å². The standard InChI is InChI=1S/C18H30BrNO/c1-4-7-8-14(5-2)13-21-17-9-10-18(19)15(12-17)11-16(20)6-3/h9-10,12,14,16H,4-8,11,13,20H2,1-3H3. The Labute approximate surface area is 138 Å². The molecule has 2 N–H and O–H groups in total. The van der Waals surface area contributed by atoms with E-state index in [0.29, 0.717) is 5.92 Å². The van der Waals surface area contributed by atoms with Crippen molar-refractivity contribution in [2.75, 3.05) is 6.61 Å². The second kappa shape index (κ2) is 10.2. The molecule has 0 bridgehead atoms. The SMILES string of the molecule is CCCCC(CC)COc1ccc(Br)c(CC(N)CC)c1. The average Bonchev–Trinajstić information content (AvgIpc) is 2.50. The molecule has 0 saturated heterocycles. The van der Waals surface area contributed by atoms with Gasteiger partial charge in [-0.15, -0.1) is 0 Å². The van der Waals surface area contributed by atoms with Crippen LogP contribution in [-0.4, -0.2) is 12.6 Å². The number of nitrogens with two attached hydrogens (primary N) is 1. The van der Waals surface area contributed by atoms with Crippen LogP contribution in [0.3, 0.4) is 0 Å². The van der Waals surface area contributed by atoms with Crippen LogP contribution in [0, 0.1) is 5.92 Å². The van der Waals surface area contributed by atoms with Crippen LogP contribution in [0.2, 0.25) is 0 Å². The fraction of sp³-hybridized carbons (Fsp3) is 0.667. The van der Waals surface area contributed by atoms with Crippen molar-refractivity contribution in [2.24, 2.45) is 11.7 Å². The summed E-state index contributed by atoms with van der Waals surface area (Å²) in [6, 6.07) is 6.45. The van der Waals surface area contributed by atoms with Crippen LogP contribution in [0.1, 0.15) is 58.4 Å². The maximum absolute atomic E-state index is 6.06. The third-order valence-electron chi connectivity index (χ3n) is 4.05. The summed E-state index contributed by atoms with van der Waals surface area (Å²) in [6.07, 6.45) is 6.88. The van der Waals surface area contributed by atoms with Gasteiger partial charge < -0.3 is 10.5 Å². The maximum atomic E-state index is 6.06. The zero-order chi connectivity index (χ0) is 15.7. The van der Waals surface area contributed by atoms with Crippen molar-refractivity contribution in [3.05, 3.63) is 28.2 Å². The summed E-state index contributed by atoms with van der Waals surface area (Å²) in [5.41, 5.74) is 7.30. The second-order valence-electron chi connectivity index (χ2n) is 5.85. The fourth-order valence-corrected chi connectivity index (χ4v) is 2.74. The first-order valence-corrected chi connectivity index (χ1v) is 9.06. The molecule has 0 amide bonds. The number of halogens is 1. The minimum absolute atomic E-state index is 0.212. The third-order valence-corrected chi connectivity index (χ3v) is 4.83. The molecule has 0 aliphatic heterocycles. The summed E-state index contributed by atoms with van der Waals surface area (Å²) >= 11 is 3.60. The predicted octanol–water partition coefficient (Wildman–Crippen LogP) is 5.32. The number of hydrogen-bond donors (Lipinski definition) is 1. The van der Waals surface area contributed by atoms with Gasteiger partial charge in [0.15, 0.2) is 0 Å². The molecule has 0 spiro atoms. The number of ether oxygens (including phenoxy) is 1. The Morgan fingerprint density at radius 1 is 1.19 bits per heavy atom. The molecule has 120 valence electrons. The molecule has 0 aromatic heterocycles. The molecular weight excluding hydrogens is 326 g/mol. The molecule has 3 heteroatoms. The Morgan fingerprint density at radius 2 is 1.95 bits per heavy atom. The normalized spacial score (nSPS) is 14.0.